The highest BCUT2D eigenvalue weighted by Gasteiger charge is 2.01. The summed E-state index contributed by atoms with van der Waals surface area (Å²) in [4.78, 5) is 22.4. The van der Waals surface area contributed by atoms with Gasteiger partial charge >= 0.3 is 0 Å². The molecule has 17 heavy (non-hydrogen) atoms. The van der Waals surface area contributed by atoms with Crippen LogP contribution in [0.5, 0.6) is 0 Å². The fraction of sp³-hybridized carbons (Fsp3) is 0.636. The maximum Gasteiger partial charge on any atom is 0.265 e. The summed E-state index contributed by atoms with van der Waals surface area (Å²) in [5.74, 6) is 2.16. The second-order valence-corrected chi connectivity index (χ2v) is 5.13. The van der Waals surface area contributed by atoms with Crippen molar-refractivity contribution in [1.82, 2.24) is 15.1 Å². The average molecular weight is 257 g/mol. The van der Waals surface area contributed by atoms with Gasteiger partial charge in [-0.25, -0.2) is 4.68 Å². The first-order valence-corrected chi connectivity index (χ1v) is 6.90. The van der Waals surface area contributed by atoms with Gasteiger partial charge in [-0.15, -0.1) is 0 Å². The highest BCUT2D eigenvalue weighted by Crippen LogP contribution is 2.00. The molecule has 0 amide bonds. The van der Waals surface area contributed by atoms with Crippen molar-refractivity contribution < 1.29 is 0 Å². The van der Waals surface area contributed by atoms with Gasteiger partial charge in [0.2, 0.25) is 0 Å². The number of nitrogens with one attached hydrogen (secondary N) is 2. The van der Waals surface area contributed by atoms with Crippen LogP contribution in [0.1, 0.15) is 13.8 Å². The number of rotatable bonds is 7. The van der Waals surface area contributed by atoms with Crippen molar-refractivity contribution in [3.05, 3.63) is 32.8 Å². The van der Waals surface area contributed by atoms with Crippen molar-refractivity contribution in [2.24, 2.45) is 0 Å². The van der Waals surface area contributed by atoms with Gasteiger partial charge in [0, 0.05) is 30.5 Å². The van der Waals surface area contributed by atoms with Crippen molar-refractivity contribution in [3.63, 3.8) is 0 Å². The molecule has 1 rings (SSSR count). The monoisotopic (exact) mass is 257 g/mol. The fourth-order valence-electron chi connectivity index (χ4n) is 1.40. The fourth-order valence-corrected chi connectivity index (χ4v) is 2.11. The summed E-state index contributed by atoms with van der Waals surface area (Å²) >= 11 is 1.88. The van der Waals surface area contributed by atoms with Crippen LogP contribution in [-0.4, -0.2) is 33.9 Å². The quantitative estimate of drug-likeness (QED) is 0.736. The molecule has 1 heterocycles. The van der Waals surface area contributed by atoms with Crippen LogP contribution in [0.2, 0.25) is 0 Å². The van der Waals surface area contributed by atoms with E-state index in [-0.39, 0.29) is 11.1 Å². The number of thioether (sulfide) groups is 1. The minimum atomic E-state index is -0.251. The molecular weight excluding hydrogens is 238 g/mol. The SMILES string of the molecule is CCSC[C@@H](C)NCCn1[nH]c(=O)ccc1=O. The molecule has 0 unspecified atom stereocenters. The molecule has 0 aliphatic carbocycles. The van der Waals surface area contributed by atoms with Gasteiger partial charge in [-0.2, -0.15) is 11.8 Å². The van der Waals surface area contributed by atoms with Gasteiger partial charge in [0.1, 0.15) is 0 Å². The van der Waals surface area contributed by atoms with Gasteiger partial charge in [0.05, 0.1) is 6.54 Å². The first kappa shape index (κ1) is 14.1. The smallest absolute Gasteiger partial charge is 0.265 e. The summed E-state index contributed by atoms with van der Waals surface area (Å²) in [6.45, 7) is 5.40. The number of aromatic amines is 1. The Morgan fingerprint density at radius 1 is 1.47 bits per heavy atom. The van der Waals surface area contributed by atoms with Crippen molar-refractivity contribution in [1.29, 1.82) is 0 Å². The summed E-state index contributed by atoms with van der Waals surface area (Å²) in [6.07, 6.45) is 0. The molecule has 0 bridgehead atoms. The molecule has 1 aromatic heterocycles. The van der Waals surface area contributed by atoms with Gasteiger partial charge in [-0.1, -0.05) is 6.92 Å². The van der Waals surface area contributed by atoms with E-state index in [2.05, 4.69) is 24.3 Å². The number of hydrogen-bond donors (Lipinski definition) is 2. The molecule has 0 aromatic carbocycles. The van der Waals surface area contributed by atoms with Crippen LogP contribution >= 0.6 is 11.8 Å². The van der Waals surface area contributed by atoms with Gasteiger partial charge in [0.25, 0.3) is 11.1 Å². The Balaban J connectivity index is 2.38. The maximum atomic E-state index is 11.4. The lowest BCUT2D eigenvalue weighted by Crippen LogP contribution is -2.36. The van der Waals surface area contributed by atoms with E-state index in [1.807, 2.05) is 11.8 Å². The van der Waals surface area contributed by atoms with E-state index in [0.717, 1.165) is 11.5 Å². The van der Waals surface area contributed by atoms with Crippen molar-refractivity contribution in [2.45, 2.75) is 26.4 Å². The van der Waals surface area contributed by atoms with Crippen LogP contribution in [0.3, 0.4) is 0 Å². The maximum absolute atomic E-state index is 11.4. The Hall–Kier alpha value is -1.01. The van der Waals surface area contributed by atoms with Crippen LogP contribution in [0.4, 0.5) is 0 Å². The predicted octanol–water partition coefficient (Wildman–Crippen LogP) is 0.268. The number of H-pyrrole nitrogens is 1. The van der Waals surface area contributed by atoms with Crippen LogP contribution in [0.25, 0.3) is 0 Å². The minimum absolute atomic E-state index is 0.179. The predicted molar refractivity (Wildman–Crippen MR) is 71.8 cm³/mol. The zero-order chi connectivity index (χ0) is 12.7. The summed E-state index contributed by atoms with van der Waals surface area (Å²) in [6, 6.07) is 2.94. The summed E-state index contributed by atoms with van der Waals surface area (Å²) in [7, 11) is 0. The topological polar surface area (TPSA) is 66.9 Å². The zero-order valence-corrected chi connectivity index (χ0v) is 11.0. The van der Waals surface area contributed by atoms with Gasteiger partial charge < -0.3 is 5.32 Å². The van der Waals surface area contributed by atoms with E-state index in [1.54, 1.807) is 0 Å². The Morgan fingerprint density at radius 3 is 2.94 bits per heavy atom. The Labute approximate surface area is 105 Å². The second kappa shape index (κ2) is 7.34. The van der Waals surface area contributed by atoms with Crippen LogP contribution in [0, 0.1) is 0 Å². The van der Waals surface area contributed by atoms with Crippen molar-refractivity contribution in [3.8, 4) is 0 Å². The second-order valence-electron chi connectivity index (χ2n) is 3.81. The van der Waals surface area contributed by atoms with Crippen molar-refractivity contribution >= 4 is 11.8 Å². The molecule has 96 valence electrons. The number of aromatic nitrogens is 2. The zero-order valence-electron chi connectivity index (χ0n) is 10.2. The molecule has 0 saturated carbocycles. The third-order valence-electron chi connectivity index (χ3n) is 2.29. The first-order valence-electron chi connectivity index (χ1n) is 5.74. The summed E-state index contributed by atoms with van der Waals surface area (Å²) in [5.41, 5.74) is -0.429. The van der Waals surface area contributed by atoms with E-state index in [9.17, 15) is 9.59 Å². The third-order valence-corrected chi connectivity index (χ3v) is 3.43. The molecule has 0 aliphatic rings. The summed E-state index contributed by atoms with van der Waals surface area (Å²) < 4.78 is 1.33. The number of hydrogen-bond acceptors (Lipinski definition) is 4. The Kier molecular flexibility index (Phi) is 6.07. The molecule has 5 nitrogen and oxygen atoms in total. The lowest BCUT2D eigenvalue weighted by Gasteiger charge is -2.13. The van der Waals surface area contributed by atoms with Gasteiger partial charge in [-0.05, 0) is 12.7 Å². The van der Waals surface area contributed by atoms with Crippen molar-refractivity contribution in [2.75, 3.05) is 18.1 Å². The normalized spacial score (nSPS) is 12.6. The van der Waals surface area contributed by atoms with E-state index in [0.29, 0.717) is 19.1 Å². The highest BCUT2D eigenvalue weighted by atomic mass is 32.2. The van der Waals surface area contributed by atoms with Gasteiger partial charge in [0.15, 0.2) is 0 Å². The highest BCUT2D eigenvalue weighted by molar-refractivity contribution is 7.99. The Bertz CT molecular complexity index is 441. The standard InChI is InChI=1S/C11H19N3O2S/c1-3-17-8-9(2)12-6-7-14-11(16)5-4-10(15)13-14/h4-5,9,12H,3,6-8H2,1-2H3,(H,13,15)/t9-/m1/s1. The average Bonchev–Trinajstić information content (AvgIpc) is 2.31. The van der Waals surface area contributed by atoms with Crippen LogP contribution < -0.4 is 16.4 Å². The third kappa shape index (κ3) is 5.23. The number of nitrogens with zero attached hydrogens (tertiary/aromatic N) is 1. The van der Waals surface area contributed by atoms with E-state index in [1.165, 1.54) is 16.8 Å². The van der Waals surface area contributed by atoms with E-state index in [4.69, 9.17) is 0 Å². The van der Waals surface area contributed by atoms with E-state index >= 15 is 0 Å². The first-order chi connectivity index (χ1) is 8.13. The lowest BCUT2D eigenvalue weighted by molar-refractivity contribution is 0.499. The summed E-state index contributed by atoms with van der Waals surface area (Å²) in [5, 5.41) is 5.81. The molecule has 0 aliphatic heterocycles. The molecule has 0 saturated heterocycles. The molecule has 1 atom stereocenters. The van der Waals surface area contributed by atoms with E-state index < -0.39 is 0 Å². The minimum Gasteiger partial charge on any atom is -0.312 e. The largest absolute Gasteiger partial charge is 0.312 e. The molecule has 0 spiro atoms. The van der Waals surface area contributed by atoms with Crippen LogP contribution in [0.15, 0.2) is 21.7 Å². The molecule has 2 N–H and O–H groups in total. The Morgan fingerprint density at radius 2 is 2.24 bits per heavy atom. The molecular formula is C11H19N3O2S. The van der Waals surface area contributed by atoms with Gasteiger partial charge in [-0.3, -0.25) is 14.7 Å². The lowest BCUT2D eigenvalue weighted by atomic mass is 10.4. The molecule has 0 fully saturated rings. The van der Waals surface area contributed by atoms with Crippen LogP contribution in [-0.2, 0) is 6.54 Å². The molecule has 1 aromatic rings. The molecule has 6 heteroatoms. The molecule has 0 radical (unpaired) electrons.